The second-order valence-corrected chi connectivity index (χ2v) is 6.28. The van der Waals surface area contributed by atoms with E-state index in [4.69, 9.17) is 18.9 Å². The van der Waals surface area contributed by atoms with Crippen molar-refractivity contribution in [2.75, 3.05) is 21.3 Å². The first-order valence-electron chi connectivity index (χ1n) is 8.76. The van der Waals surface area contributed by atoms with Crippen LogP contribution in [0.25, 0.3) is 11.0 Å². The van der Waals surface area contributed by atoms with E-state index in [2.05, 4.69) is 9.97 Å². The molecule has 0 fully saturated rings. The second-order valence-electron chi connectivity index (χ2n) is 6.28. The molecule has 0 spiro atoms. The second kappa shape index (κ2) is 8.12. The van der Waals surface area contributed by atoms with E-state index >= 15 is 0 Å². The normalized spacial score (nSPS) is 10.8. The Hall–Kier alpha value is -3.35. The molecule has 1 aromatic heterocycles. The van der Waals surface area contributed by atoms with Crippen LogP contribution in [0.5, 0.6) is 23.1 Å². The molecule has 0 N–H and O–H groups in total. The van der Waals surface area contributed by atoms with Crippen LogP contribution < -0.4 is 18.9 Å². The molecule has 28 heavy (non-hydrogen) atoms. The molecule has 0 aliphatic rings. The van der Waals surface area contributed by atoms with Crippen molar-refractivity contribution in [2.24, 2.45) is 0 Å². The van der Waals surface area contributed by atoms with Crippen LogP contribution in [0.15, 0.2) is 36.4 Å². The zero-order valence-electron chi connectivity index (χ0n) is 16.5. The molecule has 0 aliphatic heterocycles. The maximum atomic E-state index is 13.3. The van der Waals surface area contributed by atoms with Crippen LogP contribution >= 0.6 is 0 Å². The smallest absolute Gasteiger partial charge is 0.245 e. The lowest BCUT2D eigenvalue weighted by atomic mass is 10.1. The summed E-state index contributed by atoms with van der Waals surface area (Å²) in [5.74, 6) is 1.00. The maximum Gasteiger partial charge on any atom is 0.245 e. The van der Waals surface area contributed by atoms with Crippen molar-refractivity contribution in [2.45, 2.75) is 20.0 Å². The van der Waals surface area contributed by atoms with Gasteiger partial charge in [0.25, 0.3) is 0 Å². The first-order valence-corrected chi connectivity index (χ1v) is 8.76. The van der Waals surface area contributed by atoms with Crippen LogP contribution in [0.2, 0.25) is 0 Å². The minimum absolute atomic E-state index is 0.127. The fourth-order valence-corrected chi connectivity index (χ4v) is 2.79. The predicted molar refractivity (Wildman–Crippen MR) is 105 cm³/mol. The first kappa shape index (κ1) is 19.4. The molecule has 0 unspecified atom stereocenters. The summed E-state index contributed by atoms with van der Waals surface area (Å²) in [4.78, 5) is 22.3. The van der Waals surface area contributed by atoms with E-state index in [1.54, 1.807) is 18.2 Å². The van der Waals surface area contributed by atoms with Crippen molar-refractivity contribution >= 4 is 16.8 Å². The van der Waals surface area contributed by atoms with Gasteiger partial charge in [0, 0.05) is 5.56 Å². The molecule has 0 amide bonds. The number of methoxy groups -OCH3 is 3. The Morgan fingerprint density at radius 3 is 1.96 bits per heavy atom. The van der Waals surface area contributed by atoms with Crippen LogP contribution in [-0.4, -0.2) is 43.2 Å². The molecule has 7 heteroatoms. The Morgan fingerprint density at radius 2 is 1.46 bits per heavy atom. The molecule has 0 saturated heterocycles. The lowest BCUT2D eigenvalue weighted by molar-refractivity contribution is 0.102. The standard InChI is InChI=1S/C21H22N2O5/c1-12(2)28-21-18(22-14-8-6-7-9-15(14)23-21)19(24)13-10-16(25-3)20(27-5)17(11-13)26-4/h6-12H,1-5H3. The zero-order chi connectivity index (χ0) is 20.3. The van der Waals surface area contributed by atoms with Crippen LogP contribution in [-0.2, 0) is 0 Å². The number of benzene rings is 2. The van der Waals surface area contributed by atoms with Gasteiger partial charge in [-0.3, -0.25) is 4.79 Å². The molecule has 0 aliphatic carbocycles. The number of nitrogens with zero attached hydrogens (tertiary/aromatic N) is 2. The summed E-state index contributed by atoms with van der Waals surface area (Å²) in [7, 11) is 4.49. The number of hydrogen-bond acceptors (Lipinski definition) is 7. The fourth-order valence-electron chi connectivity index (χ4n) is 2.79. The summed E-state index contributed by atoms with van der Waals surface area (Å²) in [6, 6.07) is 10.5. The van der Waals surface area contributed by atoms with Gasteiger partial charge in [-0.1, -0.05) is 12.1 Å². The number of rotatable bonds is 7. The van der Waals surface area contributed by atoms with Gasteiger partial charge in [0.1, 0.15) is 0 Å². The van der Waals surface area contributed by atoms with Crippen molar-refractivity contribution in [1.82, 2.24) is 9.97 Å². The Bertz CT molecular complexity index is 992. The quantitative estimate of drug-likeness (QED) is 0.577. The number of hydrogen-bond donors (Lipinski definition) is 0. The lowest BCUT2D eigenvalue weighted by Crippen LogP contribution is -2.14. The average molecular weight is 382 g/mol. The van der Waals surface area contributed by atoms with Gasteiger partial charge in [-0.2, -0.15) is 0 Å². The Kier molecular flexibility index (Phi) is 5.63. The largest absolute Gasteiger partial charge is 0.493 e. The molecule has 2 aromatic carbocycles. The summed E-state index contributed by atoms with van der Waals surface area (Å²) in [6.07, 6.45) is -0.165. The predicted octanol–water partition coefficient (Wildman–Crippen LogP) is 3.67. The van der Waals surface area contributed by atoms with E-state index in [-0.39, 0.29) is 23.5 Å². The monoisotopic (exact) mass is 382 g/mol. The van der Waals surface area contributed by atoms with Gasteiger partial charge < -0.3 is 18.9 Å². The summed E-state index contributed by atoms with van der Waals surface area (Å²) in [5.41, 5.74) is 1.71. The van der Waals surface area contributed by atoms with Gasteiger partial charge in [0.15, 0.2) is 17.2 Å². The highest BCUT2D eigenvalue weighted by Gasteiger charge is 2.24. The highest BCUT2D eigenvalue weighted by Crippen LogP contribution is 2.39. The van der Waals surface area contributed by atoms with Crippen molar-refractivity contribution in [3.05, 3.63) is 47.7 Å². The summed E-state index contributed by atoms with van der Waals surface area (Å²) >= 11 is 0. The molecular weight excluding hydrogens is 360 g/mol. The minimum atomic E-state index is -0.354. The van der Waals surface area contributed by atoms with Gasteiger partial charge in [0.2, 0.25) is 17.4 Å². The SMILES string of the molecule is COc1cc(C(=O)c2nc3ccccc3nc2OC(C)C)cc(OC)c1OC. The third-order valence-electron chi connectivity index (χ3n) is 4.03. The highest BCUT2D eigenvalue weighted by molar-refractivity contribution is 6.10. The highest BCUT2D eigenvalue weighted by atomic mass is 16.5. The number of ketones is 1. The van der Waals surface area contributed by atoms with Crippen LogP contribution in [0, 0.1) is 0 Å². The molecule has 1 heterocycles. The van der Waals surface area contributed by atoms with Gasteiger partial charge in [-0.25, -0.2) is 9.97 Å². The van der Waals surface area contributed by atoms with Crippen molar-refractivity contribution in [1.29, 1.82) is 0 Å². The van der Waals surface area contributed by atoms with E-state index in [1.807, 2.05) is 32.0 Å². The van der Waals surface area contributed by atoms with Crippen LogP contribution in [0.4, 0.5) is 0 Å². The summed E-state index contributed by atoms with van der Waals surface area (Å²) in [6.45, 7) is 3.73. The van der Waals surface area contributed by atoms with Crippen LogP contribution in [0.1, 0.15) is 29.9 Å². The number of carbonyl (C=O) groups excluding carboxylic acids is 1. The lowest BCUT2D eigenvalue weighted by Gasteiger charge is -2.15. The van der Waals surface area contributed by atoms with Gasteiger partial charge in [-0.05, 0) is 38.1 Å². The van der Waals surface area contributed by atoms with Crippen molar-refractivity contribution < 1.29 is 23.7 Å². The van der Waals surface area contributed by atoms with Crippen LogP contribution in [0.3, 0.4) is 0 Å². The van der Waals surface area contributed by atoms with E-state index in [0.717, 1.165) is 0 Å². The molecule has 0 atom stereocenters. The number of ether oxygens (including phenoxy) is 4. The fraction of sp³-hybridized carbons (Fsp3) is 0.286. The van der Waals surface area contributed by atoms with Crippen molar-refractivity contribution in [3.8, 4) is 23.1 Å². The molecule has 7 nitrogen and oxygen atoms in total. The molecule has 0 radical (unpaired) electrons. The van der Waals surface area contributed by atoms with E-state index in [1.165, 1.54) is 21.3 Å². The van der Waals surface area contributed by atoms with Gasteiger partial charge in [-0.15, -0.1) is 0 Å². The van der Waals surface area contributed by atoms with Crippen molar-refractivity contribution in [3.63, 3.8) is 0 Å². The maximum absolute atomic E-state index is 13.3. The molecular formula is C21H22N2O5. The van der Waals surface area contributed by atoms with Gasteiger partial charge >= 0.3 is 0 Å². The molecule has 3 aromatic rings. The minimum Gasteiger partial charge on any atom is -0.493 e. The molecule has 146 valence electrons. The number of para-hydroxylation sites is 2. The zero-order valence-corrected chi connectivity index (χ0v) is 16.5. The number of fused-ring (bicyclic) bond motifs is 1. The average Bonchev–Trinajstić information content (AvgIpc) is 2.71. The van der Waals surface area contributed by atoms with E-state index < -0.39 is 0 Å². The third kappa shape index (κ3) is 3.69. The van der Waals surface area contributed by atoms with Gasteiger partial charge in [0.05, 0.1) is 38.5 Å². The van der Waals surface area contributed by atoms with E-state index in [0.29, 0.717) is 33.8 Å². The summed E-state index contributed by atoms with van der Waals surface area (Å²) < 4.78 is 21.8. The Labute approximate surface area is 163 Å². The number of aromatic nitrogens is 2. The summed E-state index contributed by atoms with van der Waals surface area (Å²) in [5, 5.41) is 0. The first-order chi connectivity index (χ1) is 13.5. The third-order valence-corrected chi connectivity index (χ3v) is 4.03. The molecule has 0 saturated carbocycles. The topological polar surface area (TPSA) is 79.8 Å². The van der Waals surface area contributed by atoms with E-state index in [9.17, 15) is 4.79 Å². The number of carbonyl (C=O) groups is 1. The Balaban J connectivity index is 2.17. The molecule has 0 bridgehead atoms. The molecule has 3 rings (SSSR count). The Morgan fingerprint density at radius 1 is 0.893 bits per heavy atom.